The van der Waals surface area contributed by atoms with E-state index in [-0.39, 0.29) is 11.7 Å². The Balaban J connectivity index is 2.01. The summed E-state index contributed by atoms with van der Waals surface area (Å²) < 4.78 is 30.5. The Bertz CT molecular complexity index is 987. The van der Waals surface area contributed by atoms with Gasteiger partial charge in [-0.1, -0.05) is 35.0 Å². The minimum absolute atomic E-state index is 0.0766. The van der Waals surface area contributed by atoms with Crippen LogP contribution in [0.3, 0.4) is 0 Å². The van der Waals surface area contributed by atoms with Gasteiger partial charge in [0.1, 0.15) is 11.6 Å². The molecule has 1 heterocycles. The van der Waals surface area contributed by atoms with Crippen LogP contribution in [0, 0.1) is 17.6 Å². The molecule has 0 N–H and O–H groups in total. The highest BCUT2D eigenvalue weighted by atomic mass is 79.9. The fourth-order valence-electron chi connectivity index (χ4n) is 3.62. The maximum Gasteiger partial charge on any atom is 0.164 e. The van der Waals surface area contributed by atoms with Crippen molar-refractivity contribution in [3.63, 3.8) is 0 Å². The lowest BCUT2D eigenvalue weighted by atomic mass is 9.88. The number of fused-ring (bicyclic) bond motifs is 1. The second kappa shape index (κ2) is 6.47. The highest BCUT2D eigenvalue weighted by Gasteiger charge is 2.29. The predicted molar refractivity (Wildman–Crippen MR) is 101 cm³/mol. The number of hydrogen-bond donors (Lipinski definition) is 0. The van der Waals surface area contributed by atoms with E-state index in [0.717, 1.165) is 27.5 Å². The Morgan fingerprint density at radius 2 is 1.65 bits per heavy atom. The molecule has 0 saturated heterocycles. The SMILES string of the molecule is C[C@H]1CC(=O)c2cc(-c3ccc(Br)cc3)n(-c3cc(F)cc(F)c3)c2C1. The number of hydrogen-bond acceptors (Lipinski definition) is 1. The first-order chi connectivity index (χ1) is 12.4. The Morgan fingerprint density at radius 1 is 1.00 bits per heavy atom. The van der Waals surface area contributed by atoms with E-state index in [4.69, 9.17) is 0 Å². The van der Waals surface area contributed by atoms with Gasteiger partial charge in [0.15, 0.2) is 5.78 Å². The Labute approximate surface area is 158 Å². The molecule has 132 valence electrons. The molecular weight excluding hydrogens is 400 g/mol. The van der Waals surface area contributed by atoms with Gasteiger partial charge in [0.25, 0.3) is 0 Å². The zero-order valence-corrected chi connectivity index (χ0v) is 15.7. The molecule has 1 atom stereocenters. The standard InChI is InChI=1S/C21H16BrF2NO/c1-12-6-20-18(21(26)7-12)11-19(13-2-4-14(22)5-3-13)25(20)17-9-15(23)8-16(24)10-17/h2-5,8-12H,6-7H2,1H3/t12-/m1/s1. The number of rotatable bonds is 2. The van der Waals surface area contributed by atoms with Crippen LogP contribution in [0.5, 0.6) is 0 Å². The summed E-state index contributed by atoms with van der Waals surface area (Å²) in [6.07, 6.45) is 1.18. The molecule has 0 radical (unpaired) electrons. The molecule has 2 aromatic carbocycles. The maximum atomic E-state index is 13.9. The van der Waals surface area contributed by atoms with Gasteiger partial charge >= 0.3 is 0 Å². The van der Waals surface area contributed by atoms with Crippen molar-refractivity contribution >= 4 is 21.7 Å². The molecule has 4 rings (SSSR count). The first-order valence-corrected chi connectivity index (χ1v) is 9.22. The molecule has 0 fully saturated rings. The van der Waals surface area contributed by atoms with Crippen LogP contribution in [0.15, 0.2) is 53.0 Å². The number of Topliss-reactive ketones (excluding diaryl/α,β-unsaturated/α-hetero) is 1. The van der Waals surface area contributed by atoms with Crippen LogP contribution >= 0.6 is 15.9 Å². The van der Waals surface area contributed by atoms with Crippen LogP contribution in [0.1, 0.15) is 29.4 Å². The van der Waals surface area contributed by atoms with Gasteiger partial charge in [0, 0.05) is 28.2 Å². The Kier molecular flexibility index (Phi) is 4.27. The minimum Gasteiger partial charge on any atom is -0.313 e. The third-order valence-corrected chi connectivity index (χ3v) is 5.25. The van der Waals surface area contributed by atoms with Crippen LogP contribution < -0.4 is 0 Å². The van der Waals surface area contributed by atoms with Crippen molar-refractivity contribution in [3.05, 3.63) is 75.9 Å². The van der Waals surface area contributed by atoms with E-state index in [2.05, 4.69) is 15.9 Å². The van der Waals surface area contributed by atoms with Crippen molar-refractivity contribution < 1.29 is 13.6 Å². The van der Waals surface area contributed by atoms with Crippen LogP contribution in [0.25, 0.3) is 16.9 Å². The third-order valence-electron chi connectivity index (χ3n) is 4.72. The summed E-state index contributed by atoms with van der Waals surface area (Å²) in [5, 5.41) is 0. The van der Waals surface area contributed by atoms with Crippen molar-refractivity contribution in [2.24, 2.45) is 5.92 Å². The number of aromatic nitrogens is 1. The fraction of sp³-hybridized carbons (Fsp3) is 0.190. The number of nitrogens with zero attached hydrogens (tertiary/aromatic N) is 1. The number of carbonyl (C=O) groups excluding carboxylic acids is 1. The molecule has 1 aromatic heterocycles. The van der Waals surface area contributed by atoms with Gasteiger partial charge in [-0.25, -0.2) is 8.78 Å². The Hall–Kier alpha value is -2.27. The normalized spacial score (nSPS) is 16.6. The maximum absolute atomic E-state index is 13.9. The van der Waals surface area contributed by atoms with E-state index < -0.39 is 11.6 Å². The molecule has 0 unspecified atom stereocenters. The average molecular weight is 416 g/mol. The van der Waals surface area contributed by atoms with Gasteiger partial charge in [-0.05, 0) is 48.2 Å². The van der Waals surface area contributed by atoms with Gasteiger partial charge in [0.2, 0.25) is 0 Å². The summed E-state index contributed by atoms with van der Waals surface area (Å²) >= 11 is 3.41. The highest BCUT2D eigenvalue weighted by molar-refractivity contribution is 9.10. The Morgan fingerprint density at radius 3 is 2.31 bits per heavy atom. The summed E-state index contributed by atoms with van der Waals surface area (Å²) in [6, 6.07) is 13.0. The second-order valence-corrected chi connectivity index (χ2v) is 7.71. The molecule has 0 spiro atoms. The van der Waals surface area contributed by atoms with Gasteiger partial charge in [-0.2, -0.15) is 0 Å². The van der Waals surface area contributed by atoms with E-state index in [1.54, 1.807) is 0 Å². The number of ketones is 1. The summed E-state index contributed by atoms with van der Waals surface area (Å²) in [5.41, 5.74) is 3.49. The first-order valence-electron chi connectivity index (χ1n) is 8.42. The molecule has 2 nitrogen and oxygen atoms in total. The lowest BCUT2D eigenvalue weighted by molar-refractivity contribution is 0.0952. The van der Waals surface area contributed by atoms with Crippen LogP contribution in [-0.4, -0.2) is 10.4 Å². The van der Waals surface area contributed by atoms with E-state index in [1.165, 1.54) is 12.1 Å². The number of benzene rings is 2. The van der Waals surface area contributed by atoms with Crippen molar-refractivity contribution in [1.82, 2.24) is 4.57 Å². The smallest absolute Gasteiger partial charge is 0.164 e. The molecule has 0 bridgehead atoms. The zero-order chi connectivity index (χ0) is 18.4. The lowest BCUT2D eigenvalue weighted by Gasteiger charge is -2.21. The van der Waals surface area contributed by atoms with Crippen LogP contribution in [0.2, 0.25) is 0 Å². The zero-order valence-electron chi connectivity index (χ0n) is 14.1. The quantitative estimate of drug-likeness (QED) is 0.506. The van der Waals surface area contributed by atoms with Crippen LogP contribution in [0.4, 0.5) is 8.78 Å². The molecule has 0 aliphatic heterocycles. The summed E-state index contributed by atoms with van der Waals surface area (Å²) in [5.74, 6) is -1.01. The summed E-state index contributed by atoms with van der Waals surface area (Å²) in [6.45, 7) is 2.02. The summed E-state index contributed by atoms with van der Waals surface area (Å²) in [4.78, 5) is 12.5. The molecule has 1 aliphatic carbocycles. The molecular formula is C21H16BrF2NO. The van der Waals surface area contributed by atoms with Gasteiger partial charge in [-0.15, -0.1) is 0 Å². The molecule has 0 amide bonds. The number of carbonyl (C=O) groups is 1. The van der Waals surface area contributed by atoms with E-state index in [1.807, 2.05) is 41.8 Å². The van der Waals surface area contributed by atoms with Crippen LogP contribution in [-0.2, 0) is 6.42 Å². The highest BCUT2D eigenvalue weighted by Crippen LogP contribution is 2.36. The minimum atomic E-state index is -0.639. The molecule has 5 heteroatoms. The van der Waals surface area contributed by atoms with Crippen molar-refractivity contribution in [1.29, 1.82) is 0 Å². The average Bonchev–Trinajstić information content (AvgIpc) is 2.94. The monoisotopic (exact) mass is 415 g/mol. The molecule has 26 heavy (non-hydrogen) atoms. The van der Waals surface area contributed by atoms with Crippen molar-refractivity contribution in [2.75, 3.05) is 0 Å². The first kappa shape index (κ1) is 17.2. The van der Waals surface area contributed by atoms with E-state index >= 15 is 0 Å². The number of halogens is 3. The van der Waals surface area contributed by atoms with Gasteiger partial charge in [0.05, 0.1) is 11.4 Å². The van der Waals surface area contributed by atoms with E-state index in [0.29, 0.717) is 24.1 Å². The largest absolute Gasteiger partial charge is 0.313 e. The van der Waals surface area contributed by atoms with E-state index in [9.17, 15) is 13.6 Å². The topological polar surface area (TPSA) is 22.0 Å². The lowest BCUT2D eigenvalue weighted by Crippen LogP contribution is -2.19. The molecule has 0 saturated carbocycles. The van der Waals surface area contributed by atoms with Gasteiger partial charge < -0.3 is 4.57 Å². The molecule has 3 aromatic rings. The summed E-state index contributed by atoms with van der Waals surface area (Å²) in [7, 11) is 0. The van der Waals surface area contributed by atoms with Crippen molar-refractivity contribution in [2.45, 2.75) is 19.8 Å². The fourth-order valence-corrected chi connectivity index (χ4v) is 3.88. The second-order valence-electron chi connectivity index (χ2n) is 6.80. The molecule has 1 aliphatic rings. The third kappa shape index (κ3) is 3.01. The van der Waals surface area contributed by atoms with Gasteiger partial charge in [-0.3, -0.25) is 4.79 Å². The van der Waals surface area contributed by atoms with Crippen molar-refractivity contribution in [3.8, 4) is 16.9 Å². The predicted octanol–water partition coefficient (Wildman–Crippen LogP) is 5.95.